The summed E-state index contributed by atoms with van der Waals surface area (Å²) >= 11 is 0. The molecule has 10 nitrogen and oxygen atoms in total. The maximum Gasteiger partial charge on any atom is 0.326 e. The molecule has 144 valence electrons. The highest BCUT2D eigenvalue weighted by atomic mass is 16.4. The summed E-state index contributed by atoms with van der Waals surface area (Å²) in [5.74, 6) is -1.52. The van der Waals surface area contributed by atoms with Gasteiger partial charge in [-0.1, -0.05) is 30.3 Å². The van der Waals surface area contributed by atoms with Crippen molar-refractivity contribution in [1.82, 2.24) is 30.4 Å². The molecule has 2 rings (SSSR count). The number of benzene rings is 1. The third-order valence-corrected chi connectivity index (χ3v) is 4.00. The average molecular weight is 374 g/mol. The zero-order valence-corrected chi connectivity index (χ0v) is 15.4. The molecule has 27 heavy (non-hydrogen) atoms. The number of nitrogens with one attached hydrogen (secondary N) is 1. The summed E-state index contributed by atoms with van der Waals surface area (Å²) in [6, 6.07) is 7.26. The first kappa shape index (κ1) is 20.0. The van der Waals surface area contributed by atoms with Gasteiger partial charge in [-0.05, 0) is 19.1 Å². The van der Waals surface area contributed by atoms with Crippen molar-refractivity contribution in [1.29, 1.82) is 0 Å². The molecule has 0 bridgehead atoms. The van der Waals surface area contributed by atoms with Gasteiger partial charge in [0.15, 0.2) is 0 Å². The van der Waals surface area contributed by atoms with Gasteiger partial charge < -0.3 is 15.3 Å². The molecular formula is C17H22N6O4. The second-order valence-corrected chi connectivity index (χ2v) is 6.00. The van der Waals surface area contributed by atoms with Crippen LogP contribution in [0.2, 0.25) is 0 Å². The molecule has 1 aromatic heterocycles. The van der Waals surface area contributed by atoms with Gasteiger partial charge >= 0.3 is 5.97 Å². The van der Waals surface area contributed by atoms with Crippen molar-refractivity contribution in [2.45, 2.75) is 32.9 Å². The summed E-state index contributed by atoms with van der Waals surface area (Å²) in [5.41, 5.74) is 0.754. The fraction of sp³-hybridized carbons (Fsp3) is 0.412. The lowest BCUT2D eigenvalue weighted by atomic mass is 10.2. The van der Waals surface area contributed by atoms with Crippen LogP contribution in [0.3, 0.4) is 0 Å². The predicted molar refractivity (Wildman–Crippen MR) is 95.5 cm³/mol. The first-order valence-corrected chi connectivity index (χ1v) is 8.44. The van der Waals surface area contributed by atoms with Gasteiger partial charge in [0.05, 0.1) is 0 Å². The molecule has 0 aliphatic rings. The molecule has 2 N–H and O–H groups in total. The van der Waals surface area contributed by atoms with Gasteiger partial charge in [0.1, 0.15) is 12.1 Å². The van der Waals surface area contributed by atoms with Crippen LogP contribution in [0.15, 0.2) is 30.3 Å². The molecular weight excluding hydrogens is 352 g/mol. The molecule has 0 aliphatic carbocycles. The van der Waals surface area contributed by atoms with E-state index < -0.39 is 24.0 Å². The molecule has 2 unspecified atom stereocenters. The molecule has 1 heterocycles. The highest BCUT2D eigenvalue weighted by Crippen LogP contribution is 2.15. The van der Waals surface area contributed by atoms with Crippen LogP contribution in [0.5, 0.6) is 0 Å². The highest BCUT2D eigenvalue weighted by molar-refractivity contribution is 5.85. The number of carboxylic acids is 1. The number of aromatic nitrogens is 4. The minimum Gasteiger partial charge on any atom is -0.480 e. The first-order valence-electron chi connectivity index (χ1n) is 8.44. The van der Waals surface area contributed by atoms with E-state index >= 15 is 0 Å². The van der Waals surface area contributed by atoms with Gasteiger partial charge in [-0.25, -0.2) is 4.79 Å². The second kappa shape index (κ2) is 8.88. The van der Waals surface area contributed by atoms with Crippen LogP contribution in [-0.4, -0.2) is 67.1 Å². The fourth-order valence-corrected chi connectivity index (χ4v) is 2.41. The fourth-order valence-electron chi connectivity index (χ4n) is 2.41. The van der Waals surface area contributed by atoms with E-state index in [0.717, 1.165) is 10.4 Å². The van der Waals surface area contributed by atoms with Crippen LogP contribution in [0.1, 0.15) is 26.8 Å². The van der Waals surface area contributed by atoms with Crippen LogP contribution >= 0.6 is 0 Å². The molecule has 2 aromatic rings. The zero-order valence-electron chi connectivity index (χ0n) is 15.4. The van der Waals surface area contributed by atoms with E-state index in [9.17, 15) is 19.5 Å². The van der Waals surface area contributed by atoms with E-state index in [1.807, 2.05) is 30.3 Å². The summed E-state index contributed by atoms with van der Waals surface area (Å²) in [6.07, 6.45) is 0. The lowest BCUT2D eigenvalue weighted by molar-refractivity contribution is -0.151. The minimum atomic E-state index is -1.14. The van der Waals surface area contributed by atoms with Crippen LogP contribution in [0, 0.1) is 0 Å². The Balaban J connectivity index is 2.17. The lowest BCUT2D eigenvalue weighted by Gasteiger charge is -2.28. The smallest absolute Gasteiger partial charge is 0.326 e. The standard InChI is InChI=1S/C17H22N6O4/c1-11(23-20-15(19-21-23)14-7-5-4-6-8-14)16(25)22(12(2)17(26)27)10-9-18-13(3)24/h4-8,11-12H,9-10H2,1-3H3,(H,18,24)(H,26,27). The van der Waals surface area contributed by atoms with Crippen LogP contribution in [0.4, 0.5) is 0 Å². The second-order valence-electron chi connectivity index (χ2n) is 6.00. The van der Waals surface area contributed by atoms with Crippen molar-refractivity contribution in [2.75, 3.05) is 13.1 Å². The number of tetrazole rings is 1. The minimum absolute atomic E-state index is 0.0520. The molecule has 2 amide bonds. The van der Waals surface area contributed by atoms with Gasteiger partial charge in [0, 0.05) is 25.6 Å². The number of carboxylic acid groups (broad SMARTS) is 1. The van der Waals surface area contributed by atoms with E-state index in [0.29, 0.717) is 5.82 Å². The quantitative estimate of drug-likeness (QED) is 0.681. The molecule has 2 atom stereocenters. The Morgan fingerprint density at radius 1 is 1.22 bits per heavy atom. The Bertz CT molecular complexity index is 807. The Labute approximate surface area is 156 Å². The molecule has 0 saturated carbocycles. The topological polar surface area (TPSA) is 130 Å². The normalized spacial score (nSPS) is 12.9. The number of carbonyl (C=O) groups is 3. The Morgan fingerprint density at radius 3 is 2.48 bits per heavy atom. The van der Waals surface area contributed by atoms with Gasteiger partial charge in [-0.3, -0.25) is 9.59 Å². The Morgan fingerprint density at radius 2 is 1.89 bits per heavy atom. The highest BCUT2D eigenvalue weighted by Gasteiger charge is 2.30. The van der Waals surface area contributed by atoms with Crippen molar-refractivity contribution in [2.24, 2.45) is 0 Å². The lowest BCUT2D eigenvalue weighted by Crippen LogP contribution is -2.49. The molecule has 0 spiro atoms. The van der Waals surface area contributed by atoms with Crippen LogP contribution in [0.25, 0.3) is 11.4 Å². The third kappa shape index (κ3) is 5.09. The SMILES string of the molecule is CC(=O)NCCN(C(=O)C(C)n1nnc(-c2ccccc2)n1)C(C)C(=O)O. The monoisotopic (exact) mass is 374 g/mol. The van der Waals surface area contributed by atoms with Crippen molar-refractivity contribution in [3.05, 3.63) is 30.3 Å². The van der Waals surface area contributed by atoms with E-state index in [4.69, 9.17) is 0 Å². The number of aliphatic carboxylic acids is 1. The van der Waals surface area contributed by atoms with Crippen molar-refractivity contribution < 1.29 is 19.5 Å². The van der Waals surface area contributed by atoms with E-state index in [-0.39, 0.29) is 19.0 Å². The average Bonchev–Trinajstić information content (AvgIpc) is 3.14. The molecule has 0 radical (unpaired) electrons. The van der Waals surface area contributed by atoms with E-state index in [1.165, 1.54) is 18.7 Å². The molecule has 0 saturated heterocycles. The largest absolute Gasteiger partial charge is 0.480 e. The zero-order chi connectivity index (χ0) is 20.0. The molecule has 1 aromatic carbocycles. The van der Waals surface area contributed by atoms with Crippen LogP contribution in [-0.2, 0) is 14.4 Å². The van der Waals surface area contributed by atoms with Crippen molar-refractivity contribution >= 4 is 17.8 Å². The van der Waals surface area contributed by atoms with Crippen LogP contribution < -0.4 is 5.32 Å². The summed E-state index contributed by atoms with van der Waals surface area (Å²) < 4.78 is 0. The number of rotatable bonds is 8. The maximum absolute atomic E-state index is 12.8. The van der Waals surface area contributed by atoms with Gasteiger partial charge in [-0.2, -0.15) is 4.80 Å². The Kier molecular flexibility index (Phi) is 6.58. The first-order chi connectivity index (χ1) is 12.8. The third-order valence-electron chi connectivity index (χ3n) is 4.00. The predicted octanol–water partition coefficient (Wildman–Crippen LogP) is 0.339. The summed E-state index contributed by atoms with van der Waals surface area (Å²) in [6.45, 7) is 4.52. The number of hydrogen-bond acceptors (Lipinski definition) is 6. The van der Waals surface area contributed by atoms with Crippen molar-refractivity contribution in [3.8, 4) is 11.4 Å². The van der Waals surface area contributed by atoms with Gasteiger partial charge in [0.2, 0.25) is 17.6 Å². The maximum atomic E-state index is 12.8. The molecule has 0 aliphatic heterocycles. The summed E-state index contributed by atoms with van der Waals surface area (Å²) in [7, 11) is 0. The van der Waals surface area contributed by atoms with Gasteiger partial charge in [0.25, 0.3) is 0 Å². The van der Waals surface area contributed by atoms with E-state index in [2.05, 4.69) is 20.7 Å². The van der Waals surface area contributed by atoms with Gasteiger partial charge in [-0.15, -0.1) is 10.2 Å². The summed E-state index contributed by atoms with van der Waals surface area (Å²) in [5, 5.41) is 23.9. The molecule has 0 fully saturated rings. The number of amides is 2. The number of carbonyl (C=O) groups excluding carboxylic acids is 2. The number of nitrogens with zero attached hydrogens (tertiary/aromatic N) is 5. The summed E-state index contributed by atoms with van der Waals surface area (Å²) in [4.78, 5) is 37.6. The number of hydrogen-bond donors (Lipinski definition) is 2. The Hall–Kier alpha value is -3.30. The molecule has 10 heteroatoms. The van der Waals surface area contributed by atoms with Crippen molar-refractivity contribution in [3.63, 3.8) is 0 Å². The van der Waals surface area contributed by atoms with E-state index in [1.54, 1.807) is 6.92 Å².